The zero-order valence-electron chi connectivity index (χ0n) is 12.7. The molecule has 126 valence electrons. The summed E-state index contributed by atoms with van der Waals surface area (Å²) in [6.45, 7) is 0.812. The lowest BCUT2D eigenvalue weighted by Gasteiger charge is -2.17. The van der Waals surface area contributed by atoms with Crippen molar-refractivity contribution in [2.24, 2.45) is 5.92 Å². The van der Waals surface area contributed by atoms with Crippen LogP contribution in [0.5, 0.6) is 0 Å². The summed E-state index contributed by atoms with van der Waals surface area (Å²) in [7, 11) is 0. The Balaban J connectivity index is 1.64. The maximum Gasteiger partial charge on any atom is 0.401 e. The minimum atomic E-state index is -4.21. The van der Waals surface area contributed by atoms with Gasteiger partial charge in [0.2, 0.25) is 5.91 Å². The van der Waals surface area contributed by atoms with Crippen LogP contribution < -0.4 is 5.32 Å². The van der Waals surface area contributed by atoms with Crippen LogP contribution in [0.15, 0.2) is 18.2 Å². The van der Waals surface area contributed by atoms with Gasteiger partial charge >= 0.3 is 6.18 Å². The van der Waals surface area contributed by atoms with Crippen molar-refractivity contribution in [3.63, 3.8) is 0 Å². The number of hydrogen-bond donors (Lipinski definition) is 1. The van der Waals surface area contributed by atoms with Gasteiger partial charge in [0.25, 0.3) is 0 Å². The summed E-state index contributed by atoms with van der Waals surface area (Å²) in [5.41, 5.74) is 2.25. The first-order valence-corrected chi connectivity index (χ1v) is 7.68. The second kappa shape index (κ2) is 6.49. The maximum atomic E-state index is 12.5. The van der Waals surface area contributed by atoms with Crippen molar-refractivity contribution >= 4 is 11.6 Å². The van der Waals surface area contributed by atoms with Crippen LogP contribution >= 0.6 is 0 Å². The lowest BCUT2D eigenvalue weighted by Crippen LogP contribution is -2.30. The highest BCUT2D eigenvalue weighted by atomic mass is 19.4. The van der Waals surface area contributed by atoms with E-state index in [1.54, 1.807) is 12.1 Å². The molecule has 7 heteroatoms. The van der Waals surface area contributed by atoms with Crippen LogP contribution in [0.2, 0.25) is 0 Å². The fourth-order valence-corrected chi connectivity index (χ4v) is 3.18. The van der Waals surface area contributed by atoms with E-state index in [1.807, 2.05) is 6.07 Å². The number of halogens is 3. The fourth-order valence-electron chi connectivity index (χ4n) is 3.18. The summed E-state index contributed by atoms with van der Waals surface area (Å²) < 4.78 is 42.9. The number of amides is 1. The van der Waals surface area contributed by atoms with E-state index in [0.717, 1.165) is 17.5 Å². The highest BCUT2D eigenvalue weighted by Gasteiger charge is 2.34. The molecule has 4 nitrogen and oxygen atoms in total. The number of hydrogen-bond acceptors (Lipinski definition) is 3. The van der Waals surface area contributed by atoms with Gasteiger partial charge in [-0.3, -0.25) is 9.69 Å². The lowest BCUT2D eigenvalue weighted by molar-refractivity contribution is -0.147. The third-order valence-electron chi connectivity index (χ3n) is 4.22. The van der Waals surface area contributed by atoms with Crippen molar-refractivity contribution in [1.82, 2.24) is 4.90 Å². The lowest BCUT2D eigenvalue weighted by atomic mass is 10.0. The van der Waals surface area contributed by atoms with Gasteiger partial charge in [-0.25, -0.2) is 0 Å². The molecular formula is C16H19F3N2O2. The first-order chi connectivity index (χ1) is 10.9. The average Bonchev–Trinajstić information content (AvgIpc) is 3.06. The van der Waals surface area contributed by atoms with Gasteiger partial charge in [-0.05, 0) is 29.5 Å². The Bertz CT molecular complexity index is 583. The second-order valence-electron chi connectivity index (χ2n) is 6.19. The molecule has 1 fully saturated rings. The number of ether oxygens (including phenoxy) is 1. The quantitative estimate of drug-likeness (QED) is 0.924. The summed E-state index contributed by atoms with van der Waals surface area (Å²) in [6, 6.07) is 5.33. The van der Waals surface area contributed by atoms with Crippen molar-refractivity contribution < 1.29 is 22.7 Å². The molecule has 1 atom stereocenters. The summed E-state index contributed by atoms with van der Waals surface area (Å²) in [5, 5.41) is 2.85. The second-order valence-corrected chi connectivity index (χ2v) is 6.19. The number of rotatable bonds is 4. The molecule has 2 aliphatic heterocycles. The van der Waals surface area contributed by atoms with Gasteiger partial charge < -0.3 is 10.1 Å². The molecule has 0 saturated carbocycles. The van der Waals surface area contributed by atoms with Crippen molar-refractivity contribution in [3.8, 4) is 0 Å². The van der Waals surface area contributed by atoms with Gasteiger partial charge in [0.05, 0.1) is 6.54 Å². The molecule has 1 aromatic carbocycles. The van der Waals surface area contributed by atoms with Gasteiger partial charge in [0.1, 0.15) is 0 Å². The Hall–Kier alpha value is -1.60. The Morgan fingerprint density at radius 3 is 2.87 bits per heavy atom. The number of nitrogens with zero attached hydrogens (tertiary/aromatic N) is 1. The van der Waals surface area contributed by atoms with E-state index in [0.29, 0.717) is 25.3 Å². The van der Waals surface area contributed by atoms with Crippen LogP contribution in [0.1, 0.15) is 24.0 Å². The molecule has 1 aromatic rings. The summed E-state index contributed by atoms with van der Waals surface area (Å²) in [5.74, 6) is 0.122. The van der Waals surface area contributed by atoms with E-state index < -0.39 is 12.7 Å². The van der Waals surface area contributed by atoms with Crippen LogP contribution in [-0.4, -0.2) is 36.7 Å². The van der Waals surface area contributed by atoms with E-state index in [2.05, 4.69) is 5.32 Å². The molecule has 1 saturated heterocycles. The number of nitrogens with one attached hydrogen (secondary N) is 1. The number of carbonyl (C=O) groups excluding carboxylic acids is 1. The number of fused-ring (bicyclic) bond motifs is 1. The van der Waals surface area contributed by atoms with Gasteiger partial charge in [-0.15, -0.1) is 0 Å². The minimum absolute atomic E-state index is 0.108. The molecule has 23 heavy (non-hydrogen) atoms. The number of anilines is 1. The zero-order chi connectivity index (χ0) is 16.4. The predicted octanol–water partition coefficient (Wildman–Crippen LogP) is 2.93. The Kier molecular flexibility index (Phi) is 4.59. The van der Waals surface area contributed by atoms with Crippen molar-refractivity contribution in [1.29, 1.82) is 0 Å². The highest BCUT2D eigenvalue weighted by molar-refractivity contribution is 5.92. The molecule has 1 N–H and O–H groups in total. The van der Waals surface area contributed by atoms with E-state index in [9.17, 15) is 18.0 Å². The van der Waals surface area contributed by atoms with Gasteiger partial charge in [-0.1, -0.05) is 12.1 Å². The standard InChI is InChI=1S/C16H19F3N2O2/c17-16(18,19)10-21-7-12-2-1-3-14(13(12)8-21)20-15(22)6-11-4-5-23-9-11/h1-3,11H,4-10H2,(H,20,22)/t11-/m0/s1. The summed E-state index contributed by atoms with van der Waals surface area (Å²) >= 11 is 0. The van der Waals surface area contributed by atoms with Gasteiger partial charge in [-0.2, -0.15) is 13.2 Å². The van der Waals surface area contributed by atoms with Crippen LogP contribution in [-0.2, 0) is 22.6 Å². The number of benzene rings is 1. The Morgan fingerprint density at radius 2 is 2.17 bits per heavy atom. The van der Waals surface area contributed by atoms with Crippen molar-refractivity contribution in [3.05, 3.63) is 29.3 Å². The molecule has 2 aliphatic rings. The summed E-state index contributed by atoms with van der Waals surface area (Å²) in [6.07, 6.45) is -2.95. The molecule has 0 unspecified atom stereocenters. The number of carbonyl (C=O) groups is 1. The molecule has 0 radical (unpaired) electrons. The topological polar surface area (TPSA) is 41.6 Å². The third kappa shape index (κ3) is 4.23. The van der Waals surface area contributed by atoms with Crippen LogP contribution in [0.3, 0.4) is 0 Å². The molecule has 2 heterocycles. The first kappa shape index (κ1) is 16.3. The number of alkyl halides is 3. The van der Waals surface area contributed by atoms with Crippen molar-refractivity contribution in [2.45, 2.75) is 32.1 Å². The monoisotopic (exact) mass is 328 g/mol. The van der Waals surface area contributed by atoms with E-state index in [4.69, 9.17) is 4.74 Å². The molecule has 1 amide bonds. The summed E-state index contributed by atoms with van der Waals surface area (Å²) in [4.78, 5) is 13.5. The van der Waals surface area contributed by atoms with E-state index in [-0.39, 0.29) is 24.9 Å². The average molecular weight is 328 g/mol. The zero-order valence-corrected chi connectivity index (χ0v) is 12.7. The van der Waals surface area contributed by atoms with E-state index >= 15 is 0 Å². The molecule has 0 aromatic heterocycles. The highest BCUT2D eigenvalue weighted by Crippen LogP contribution is 2.31. The Labute approximate surface area is 132 Å². The fraction of sp³-hybridized carbons (Fsp3) is 0.562. The SMILES string of the molecule is O=C(C[C@@H]1CCOC1)Nc1cccc2c1CN(CC(F)(F)F)C2. The third-order valence-corrected chi connectivity index (χ3v) is 4.22. The molecule has 0 bridgehead atoms. The Morgan fingerprint density at radius 1 is 1.35 bits per heavy atom. The van der Waals surface area contributed by atoms with E-state index in [1.165, 1.54) is 4.90 Å². The predicted molar refractivity (Wildman–Crippen MR) is 78.8 cm³/mol. The smallest absolute Gasteiger partial charge is 0.381 e. The van der Waals surface area contributed by atoms with Crippen LogP contribution in [0.4, 0.5) is 18.9 Å². The van der Waals surface area contributed by atoms with Gasteiger partial charge in [0, 0.05) is 38.4 Å². The molecule has 0 aliphatic carbocycles. The molecule has 3 rings (SSSR count). The van der Waals surface area contributed by atoms with Crippen LogP contribution in [0.25, 0.3) is 0 Å². The minimum Gasteiger partial charge on any atom is -0.381 e. The largest absolute Gasteiger partial charge is 0.401 e. The first-order valence-electron chi connectivity index (χ1n) is 7.68. The normalized spacial score (nSPS) is 21.4. The molecule has 0 spiro atoms. The van der Waals surface area contributed by atoms with Crippen molar-refractivity contribution in [2.75, 3.05) is 25.1 Å². The maximum absolute atomic E-state index is 12.5. The molecular weight excluding hydrogens is 309 g/mol. The van der Waals surface area contributed by atoms with Crippen LogP contribution in [0, 0.1) is 5.92 Å². The van der Waals surface area contributed by atoms with Gasteiger partial charge in [0.15, 0.2) is 0 Å².